The highest BCUT2D eigenvalue weighted by Gasteiger charge is 2.16. The van der Waals surface area contributed by atoms with Crippen LogP contribution >= 0.6 is 12.2 Å². The summed E-state index contributed by atoms with van der Waals surface area (Å²) in [7, 11) is 0. The van der Waals surface area contributed by atoms with Crippen LogP contribution in [0.2, 0.25) is 0 Å². The van der Waals surface area contributed by atoms with Gasteiger partial charge in [-0.25, -0.2) is 0 Å². The van der Waals surface area contributed by atoms with E-state index in [0.717, 1.165) is 48.7 Å². The summed E-state index contributed by atoms with van der Waals surface area (Å²) in [6.45, 7) is 0.946. The van der Waals surface area contributed by atoms with Crippen LogP contribution in [0.3, 0.4) is 0 Å². The number of rotatable bonds is 4. The number of hydrogen-bond acceptors (Lipinski definition) is 5. The molecule has 1 aliphatic rings. The molecule has 8 nitrogen and oxygen atoms in total. The average molecular weight is 408 g/mol. The van der Waals surface area contributed by atoms with Gasteiger partial charge in [0.1, 0.15) is 11.5 Å². The Morgan fingerprint density at radius 2 is 1.83 bits per heavy atom. The third-order valence-corrected chi connectivity index (χ3v) is 5.06. The molecule has 0 fully saturated rings. The zero-order valence-corrected chi connectivity index (χ0v) is 16.5. The van der Waals surface area contributed by atoms with Crippen molar-refractivity contribution in [2.24, 2.45) is 0 Å². The Balaban J connectivity index is 1.46. The Kier molecular flexibility index (Phi) is 5.48. The summed E-state index contributed by atoms with van der Waals surface area (Å²) in [5, 5.41) is 26.1. The number of thiocarbonyl (C=S) groups is 1. The van der Waals surface area contributed by atoms with Crippen molar-refractivity contribution in [1.82, 2.24) is 14.8 Å². The van der Waals surface area contributed by atoms with Crippen molar-refractivity contribution < 1.29 is 4.92 Å². The van der Waals surface area contributed by atoms with Crippen LogP contribution in [0.1, 0.15) is 25.1 Å². The second-order valence-corrected chi connectivity index (χ2v) is 7.24. The summed E-state index contributed by atoms with van der Waals surface area (Å²) in [6.07, 6.45) is 4.49. The first kappa shape index (κ1) is 19.0. The molecule has 0 aliphatic carbocycles. The summed E-state index contributed by atoms with van der Waals surface area (Å²) in [5.41, 5.74) is 2.09. The fourth-order valence-corrected chi connectivity index (χ4v) is 3.65. The molecule has 2 aromatic carbocycles. The van der Waals surface area contributed by atoms with Crippen molar-refractivity contribution in [2.45, 2.75) is 32.2 Å². The zero-order valence-electron chi connectivity index (χ0n) is 15.7. The molecule has 1 aliphatic heterocycles. The van der Waals surface area contributed by atoms with Crippen molar-refractivity contribution in [2.75, 3.05) is 10.6 Å². The molecule has 148 valence electrons. The number of anilines is 2. The van der Waals surface area contributed by atoms with Crippen molar-refractivity contribution in [3.05, 3.63) is 64.5 Å². The second kappa shape index (κ2) is 8.36. The van der Waals surface area contributed by atoms with E-state index in [2.05, 4.69) is 25.4 Å². The summed E-state index contributed by atoms with van der Waals surface area (Å²) in [6, 6.07) is 14.1. The molecule has 1 aromatic heterocycles. The van der Waals surface area contributed by atoms with E-state index in [-0.39, 0.29) is 10.8 Å². The van der Waals surface area contributed by atoms with Gasteiger partial charge in [-0.05, 0) is 55.4 Å². The van der Waals surface area contributed by atoms with E-state index < -0.39 is 4.92 Å². The number of hydrogen-bond donors (Lipinski definition) is 2. The zero-order chi connectivity index (χ0) is 20.2. The number of benzene rings is 2. The molecular weight excluding hydrogens is 388 g/mol. The van der Waals surface area contributed by atoms with Crippen molar-refractivity contribution in [3.63, 3.8) is 0 Å². The molecule has 9 heteroatoms. The lowest BCUT2D eigenvalue weighted by atomic mass is 10.2. The lowest BCUT2D eigenvalue weighted by Crippen LogP contribution is -2.19. The fourth-order valence-electron chi connectivity index (χ4n) is 3.42. The molecule has 4 rings (SSSR count). The predicted molar refractivity (Wildman–Crippen MR) is 116 cm³/mol. The maximum Gasteiger partial charge on any atom is 0.292 e. The third kappa shape index (κ3) is 4.24. The SMILES string of the molecule is O=[N+]([O-])c1ccccc1NC(=S)Nc1ccc(-c2nnc3n2CCCCC3)cc1. The van der Waals surface area contributed by atoms with E-state index in [9.17, 15) is 10.1 Å². The van der Waals surface area contributed by atoms with E-state index in [1.807, 2.05) is 24.3 Å². The van der Waals surface area contributed by atoms with E-state index in [4.69, 9.17) is 12.2 Å². The number of fused-ring (bicyclic) bond motifs is 1. The second-order valence-electron chi connectivity index (χ2n) is 6.83. The van der Waals surface area contributed by atoms with Gasteiger partial charge in [0.05, 0.1) is 4.92 Å². The molecule has 2 heterocycles. The molecule has 0 amide bonds. The van der Waals surface area contributed by atoms with Gasteiger partial charge in [-0.15, -0.1) is 10.2 Å². The number of nitro benzene ring substituents is 1. The number of nitrogens with one attached hydrogen (secondary N) is 2. The fraction of sp³-hybridized carbons (Fsp3) is 0.250. The van der Waals surface area contributed by atoms with Gasteiger partial charge >= 0.3 is 0 Å². The van der Waals surface area contributed by atoms with Crippen LogP contribution < -0.4 is 10.6 Å². The lowest BCUT2D eigenvalue weighted by Gasteiger charge is -2.11. The van der Waals surface area contributed by atoms with E-state index >= 15 is 0 Å². The monoisotopic (exact) mass is 408 g/mol. The predicted octanol–water partition coefficient (Wildman–Crippen LogP) is 4.39. The van der Waals surface area contributed by atoms with Gasteiger partial charge < -0.3 is 15.2 Å². The molecule has 29 heavy (non-hydrogen) atoms. The Hall–Kier alpha value is -3.33. The standard InChI is InChI=1S/C20H20N6O2S/c27-26(28)17-7-4-3-6-16(17)22-20(29)21-15-11-9-14(10-12-15)19-24-23-18-8-2-1-5-13-25(18)19/h3-4,6-7,9-12H,1-2,5,8,13H2,(H2,21,22,29). The van der Waals surface area contributed by atoms with Crippen LogP contribution in [0.25, 0.3) is 11.4 Å². The van der Waals surface area contributed by atoms with E-state index in [0.29, 0.717) is 5.69 Å². The van der Waals surface area contributed by atoms with Gasteiger partial charge in [0.25, 0.3) is 5.69 Å². The Morgan fingerprint density at radius 3 is 2.62 bits per heavy atom. The highest BCUT2D eigenvalue weighted by atomic mass is 32.1. The van der Waals surface area contributed by atoms with Gasteiger partial charge in [-0.2, -0.15) is 0 Å². The Morgan fingerprint density at radius 1 is 1.03 bits per heavy atom. The normalized spacial score (nSPS) is 13.2. The topological polar surface area (TPSA) is 97.9 Å². The number of para-hydroxylation sites is 2. The molecule has 0 unspecified atom stereocenters. The maximum atomic E-state index is 11.1. The van der Waals surface area contributed by atoms with Crippen molar-refractivity contribution in [1.29, 1.82) is 0 Å². The third-order valence-electron chi connectivity index (χ3n) is 4.86. The molecule has 2 N–H and O–H groups in total. The number of aryl methyl sites for hydroxylation is 1. The van der Waals surface area contributed by atoms with Crippen LogP contribution in [0, 0.1) is 10.1 Å². The quantitative estimate of drug-likeness (QED) is 0.375. The summed E-state index contributed by atoms with van der Waals surface area (Å²) >= 11 is 5.30. The van der Waals surface area contributed by atoms with Gasteiger partial charge in [0, 0.05) is 30.3 Å². The highest BCUT2D eigenvalue weighted by Crippen LogP contribution is 2.25. The van der Waals surface area contributed by atoms with Crippen LogP contribution in [-0.2, 0) is 13.0 Å². The number of nitrogens with zero attached hydrogens (tertiary/aromatic N) is 4. The van der Waals surface area contributed by atoms with Gasteiger partial charge in [0.2, 0.25) is 0 Å². The first-order valence-electron chi connectivity index (χ1n) is 9.46. The summed E-state index contributed by atoms with van der Waals surface area (Å²) in [4.78, 5) is 10.7. The molecule has 0 spiro atoms. The minimum atomic E-state index is -0.443. The van der Waals surface area contributed by atoms with Gasteiger partial charge in [-0.3, -0.25) is 10.1 Å². The molecule has 0 atom stereocenters. The van der Waals surface area contributed by atoms with Gasteiger partial charge in [-0.1, -0.05) is 18.6 Å². The molecule has 0 radical (unpaired) electrons. The molecule has 3 aromatic rings. The highest BCUT2D eigenvalue weighted by molar-refractivity contribution is 7.80. The van der Waals surface area contributed by atoms with Crippen LogP contribution in [-0.4, -0.2) is 24.8 Å². The number of nitro groups is 1. The summed E-state index contributed by atoms with van der Waals surface area (Å²) < 4.78 is 2.20. The van der Waals surface area contributed by atoms with Crippen LogP contribution in [0.4, 0.5) is 17.1 Å². The Bertz CT molecular complexity index is 1050. The molecule has 0 saturated heterocycles. The minimum Gasteiger partial charge on any atom is -0.332 e. The first-order chi connectivity index (χ1) is 14.1. The van der Waals surface area contributed by atoms with Gasteiger partial charge in [0.15, 0.2) is 10.9 Å². The molecular formula is C20H20N6O2S. The van der Waals surface area contributed by atoms with Crippen LogP contribution in [0.5, 0.6) is 0 Å². The smallest absolute Gasteiger partial charge is 0.292 e. The number of aromatic nitrogens is 3. The van der Waals surface area contributed by atoms with E-state index in [1.54, 1.807) is 18.2 Å². The maximum absolute atomic E-state index is 11.1. The molecule has 0 bridgehead atoms. The largest absolute Gasteiger partial charge is 0.332 e. The lowest BCUT2D eigenvalue weighted by molar-refractivity contribution is -0.383. The van der Waals surface area contributed by atoms with Crippen molar-refractivity contribution >= 4 is 34.4 Å². The van der Waals surface area contributed by atoms with Crippen molar-refractivity contribution in [3.8, 4) is 11.4 Å². The van der Waals surface area contributed by atoms with Crippen LogP contribution in [0.15, 0.2) is 48.5 Å². The first-order valence-corrected chi connectivity index (χ1v) is 9.86. The summed E-state index contributed by atoms with van der Waals surface area (Å²) in [5.74, 6) is 1.93. The Labute approximate surface area is 173 Å². The molecule has 0 saturated carbocycles. The minimum absolute atomic E-state index is 0.0282. The van der Waals surface area contributed by atoms with E-state index in [1.165, 1.54) is 12.5 Å². The average Bonchev–Trinajstić information content (AvgIpc) is 2.97.